The van der Waals surface area contributed by atoms with Gasteiger partial charge in [-0.1, -0.05) is 6.07 Å². The molecule has 1 atom stereocenters. The Balaban J connectivity index is 1.39. The number of thiocarbonyl (C=S) groups is 1. The summed E-state index contributed by atoms with van der Waals surface area (Å²) in [4.78, 5) is 17.2. The first-order valence-electron chi connectivity index (χ1n) is 10.6. The van der Waals surface area contributed by atoms with Gasteiger partial charge in [-0.05, 0) is 48.6 Å². The molecule has 12 heteroatoms. The SMILES string of the molecule is NC(=S)NC[C@H]1CN(c2ccc(N3CCN(c4cccc(C(F)(F)F)c4)CC3)c(F)c2)C(=O)O1. The number of amides is 1. The Morgan fingerprint density at radius 2 is 1.79 bits per heavy atom. The van der Waals surface area contributed by atoms with E-state index in [1.54, 1.807) is 18.2 Å². The lowest BCUT2D eigenvalue weighted by atomic mass is 10.1. The van der Waals surface area contributed by atoms with Crippen molar-refractivity contribution in [2.75, 3.05) is 54.0 Å². The fourth-order valence-electron chi connectivity index (χ4n) is 4.06. The van der Waals surface area contributed by atoms with Crippen LogP contribution >= 0.6 is 12.2 Å². The van der Waals surface area contributed by atoms with Crippen molar-refractivity contribution in [1.82, 2.24) is 5.32 Å². The molecule has 3 N–H and O–H groups in total. The van der Waals surface area contributed by atoms with E-state index < -0.39 is 29.8 Å². The van der Waals surface area contributed by atoms with Crippen molar-refractivity contribution in [1.29, 1.82) is 0 Å². The van der Waals surface area contributed by atoms with E-state index in [9.17, 15) is 22.4 Å². The molecule has 0 spiro atoms. The minimum atomic E-state index is -4.40. The molecule has 2 aromatic rings. The van der Waals surface area contributed by atoms with E-state index in [4.69, 9.17) is 22.7 Å². The van der Waals surface area contributed by atoms with Crippen LogP contribution in [-0.2, 0) is 10.9 Å². The van der Waals surface area contributed by atoms with Gasteiger partial charge in [-0.3, -0.25) is 4.90 Å². The molecule has 0 aromatic heterocycles. The number of alkyl halides is 3. The predicted molar refractivity (Wildman–Crippen MR) is 125 cm³/mol. The molecule has 2 aliphatic rings. The number of piperazine rings is 1. The highest BCUT2D eigenvalue weighted by atomic mass is 32.1. The second-order valence-corrected chi connectivity index (χ2v) is 8.46. The second-order valence-electron chi connectivity index (χ2n) is 8.02. The molecule has 2 fully saturated rings. The molecular formula is C22H23F4N5O2S. The maximum absolute atomic E-state index is 15.0. The van der Waals surface area contributed by atoms with Crippen LogP contribution in [0, 0.1) is 5.82 Å². The highest BCUT2D eigenvalue weighted by Gasteiger charge is 2.33. The van der Waals surface area contributed by atoms with Gasteiger partial charge in [0.1, 0.15) is 11.9 Å². The van der Waals surface area contributed by atoms with Crippen molar-refractivity contribution in [2.24, 2.45) is 5.73 Å². The molecule has 34 heavy (non-hydrogen) atoms. The first kappa shape index (κ1) is 23.9. The number of halogens is 4. The summed E-state index contributed by atoms with van der Waals surface area (Å²) in [6.07, 6.45) is -5.46. The van der Waals surface area contributed by atoms with Crippen LogP contribution in [0.5, 0.6) is 0 Å². The molecule has 0 radical (unpaired) electrons. The number of ether oxygens (including phenoxy) is 1. The monoisotopic (exact) mass is 497 g/mol. The molecule has 0 saturated carbocycles. The number of rotatable bonds is 5. The first-order valence-corrected chi connectivity index (χ1v) is 11.0. The predicted octanol–water partition coefficient (Wildman–Crippen LogP) is 3.33. The van der Waals surface area contributed by atoms with Crippen molar-refractivity contribution >= 4 is 40.5 Å². The summed E-state index contributed by atoms with van der Waals surface area (Å²) in [6.45, 7) is 2.24. The lowest BCUT2D eigenvalue weighted by molar-refractivity contribution is -0.137. The summed E-state index contributed by atoms with van der Waals surface area (Å²) in [5.41, 5.74) is 5.91. The summed E-state index contributed by atoms with van der Waals surface area (Å²) >= 11 is 4.74. The van der Waals surface area contributed by atoms with Crippen LogP contribution in [-0.4, -0.2) is 56.6 Å². The van der Waals surface area contributed by atoms with Gasteiger partial charge < -0.3 is 25.6 Å². The number of nitrogens with zero attached hydrogens (tertiary/aromatic N) is 3. The third-order valence-electron chi connectivity index (χ3n) is 5.78. The standard InChI is InChI=1S/C22H23F4N5O2S/c23-18-11-16(31-13-17(33-21(31)32)12-28-20(27)34)4-5-19(18)30-8-6-29(7-9-30)15-3-1-2-14(10-15)22(24,25)26/h1-5,10-11,17H,6-9,12-13H2,(H3,27,28,34)/t17-/m0/s1. The molecule has 2 aromatic carbocycles. The van der Waals surface area contributed by atoms with Crippen LogP contribution in [0.4, 0.5) is 39.4 Å². The van der Waals surface area contributed by atoms with Gasteiger partial charge in [0.15, 0.2) is 5.11 Å². The van der Waals surface area contributed by atoms with Gasteiger partial charge in [0.2, 0.25) is 0 Å². The van der Waals surface area contributed by atoms with Gasteiger partial charge in [0.05, 0.1) is 30.0 Å². The quantitative estimate of drug-likeness (QED) is 0.485. The molecule has 7 nitrogen and oxygen atoms in total. The topological polar surface area (TPSA) is 74.1 Å². The van der Waals surface area contributed by atoms with Crippen molar-refractivity contribution in [2.45, 2.75) is 12.3 Å². The maximum Gasteiger partial charge on any atom is 0.416 e. The fraction of sp³-hybridized carbons (Fsp3) is 0.364. The van der Waals surface area contributed by atoms with E-state index in [0.717, 1.165) is 12.1 Å². The van der Waals surface area contributed by atoms with Crippen molar-refractivity contribution in [3.05, 3.63) is 53.8 Å². The Bertz CT molecular complexity index is 1080. The molecular weight excluding hydrogens is 474 g/mol. The van der Waals surface area contributed by atoms with Crippen molar-refractivity contribution in [3.63, 3.8) is 0 Å². The van der Waals surface area contributed by atoms with Gasteiger partial charge in [0, 0.05) is 31.9 Å². The zero-order valence-electron chi connectivity index (χ0n) is 18.0. The Morgan fingerprint density at radius 3 is 2.44 bits per heavy atom. The molecule has 0 aliphatic carbocycles. The maximum atomic E-state index is 15.0. The normalized spacial score (nSPS) is 18.8. The average molecular weight is 498 g/mol. The Hall–Kier alpha value is -3.28. The van der Waals surface area contributed by atoms with Crippen LogP contribution in [0.25, 0.3) is 0 Å². The van der Waals surface area contributed by atoms with E-state index in [0.29, 0.717) is 43.2 Å². The number of cyclic esters (lactones) is 1. The number of carbonyl (C=O) groups is 1. The summed E-state index contributed by atoms with van der Waals surface area (Å²) in [5, 5.41) is 2.83. The molecule has 1 amide bonds. The first-order chi connectivity index (χ1) is 16.1. The van der Waals surface area contributed by atoms with E-state index >= 15 is 0 Å². The number of hydrogen-bond donors (Lipinski definition) is 2. The van der Waals surface area contributed by atoms with Crippen LogP contribution in [0.2, 0.25) is 0 Å². The minimum Gasteiger partial charge on any atom is -0.442 e. The molecule has 182 valence electrons. The summed E-state index contributed by atoms with van der Waals surface area (Å²) < 4.78 is 59.2. The number of benzene rings is 2. The van der Waals surface area contributed by atoms with Crippen LogP contribution in [0.3, 0.4) is 0 Å². The second kappa shape index (κ2) is 9.53. The summed E-state index contributed by atoms with van der Waals surface area (Å²) in [7, 11) is 0. The van der Waals surface area contributed by atoms with Gasteiger partial charge >= 0.3 is 12.3 Å². The van der Waals surface area contributed by atoms with E-state index in [1.165, 1.54) is 17.0 Å². The molecule has 0 unspecified atom stereocenters. The number of nitrogens with one attached hydrogen (secondary N) is 1. The summed E-state index contributed by atoms with van der Waals surface area (Å²) in [5.74, 6) is -0.498. The number of hydrogen-bond acceptors (Lipinski definition) is 5. The molecule has 0 bridgehead atoms. The van der Waals surface area contributed by atoms with Gasteiger partial charge in [-0.25, -0.2) is 9.18 Å². The van der Waals surface area contributed by atoms with Gasteiger partial charge in [-0.15, -0.1) is 0 Å². The lowest BCUT2D eigenvalue weighted by Gasteiger charge is -2.37. The third-order valence-corrected chi connectivity index (χ3v) is 5.92. The van der Waals surface area contributed by atoms with E-state index in [1.807, 2.05) is 9.80 Å². The van der Waals surface area contributed by atoms with E-state index in [2.05, 4.69) is 5.32 Å². The molecule has 2 heterocycles. The highest BCUT2D eigenvalue weighted by molar-refractivity contribution is 7.80. The average Bonchev–Trinajstić information content (AvgIpc) is 3.18. The largest absolute Gasteiger partial charge is 0.442 e. The molecule has 2 saturated heterocycles. The fourth-order valence-corrected chi connectivity index (χ4v) is 4.14. The highest BCUT2D eigenvalue weighted by Crippen LogP contribution is 2.33. The molecule has 2 aliphatic heterocycles. The smallest absolute Gasteiger partial charge is 0.416 e. The van der Waals surface area contributed by atoms with Crippen LogP contribution < -0.4 is 25.8 Å². The zero-order valence-corrected chi connectivity index (χ0v) is 18.8. The Labute approximate surface area is 199 Å². The van der Waals surface area contributed by atoms with Crippen molar-refractivity contribution < 1.29 is 27.1 Å². The van der Waals surface area contributed by atoms with Crippen molar-refractivity contribution in [3.8, 4) is 0 Å². The number of anilines is 3. The Morgan fingerprint density at radius 1 is 1.09 bits per heavy atom. The molecule has 4 rings (SSSR count). The number of nitrogens with two attached hydrogens (primary N) is 1. The third kappa shape index (κ3) is 5.27. The van der Waals surface area contributed by atoms with Crippen LogP contribution in [0.15, 0.2) is 42.5 Å². The Kier molecular flexibility index (Phi) is 6.69. The number of carbonyl (C=O) groups excluding carboxylic acids is 1. The lowest BCUT2D eigenvalue weighted by Crippen LogP contribution is -2.46. The van der Waals surface area contributed by atoms with Gasteiger partial charge in [-0.2, -0.15) is 13.2 Å². The van der Waals surface area contributed by atoms with Gasteiger partial charge in [0.25, 0.3) is 0 Å². The van der Waals surface area contributed by atoms with Crippen LogP contribution in [0.1, 0.15) is 5.56 Å². The minimum absolute atomic E-state index is 0.0954. The zero-order chi connectivity index (χ0) is 24.5. The van der Waals surface area contributed by atoms with E-state index in [-0.39, 0.29) is 18.2 Å². The summed E-state index contributed by atoms with van der Waals surface area (Å²) in [6, 6.07) is 9.71.